The molecule has 12 heteroatoms. The van der Waals surface area contributed by atoms with Gasteiger partial charge in [-0.1, -0.05) is 6.42 Å². The number of ether oxygens (including phenoxy) is 1. The Morgan fingerprint density at radius 3 is 2.26 bits per heavy atom. The second kappa shape index (κ2) is 12.5. The van der Waals surface area contributed by atoms with Crippen molar-refractivity contribution < 1.29 is 27.1 Å². The Bertz CT molecular complexity index is 932. The summed E-state index contributed by atoms with van der Waals surface area (Å²) in [6.45, 7) is 1.11. The number of fused-ring (bicyclic) bond motifs is 1. The standard InChI is InChI=1S/C12H14F2N6O.C6H10F2.C5H10O/c13-12(14)6-16-11(21)19(7-12)4-8-1-10-18-9(2-15)5-20(10)17-3-8;7-6(8)4-2-1-3-5-6;1-2-4-6-5-3-1/h1,3,5H,2,4,6-7,15H2,(H,16,21);1-5H2;1-5H2. The van der Waals surface area contributed by atoms with Gasteiger partial charge in [0.2, 0.25) is 5.92 Å². The van der Waals surface area contributed by atoms with Crippen molar-refractivity contribution >= 4 is 11.7 Å². The van der Waals surface area contributed by atoms with E-state index in [2.05, 4.69) is 15.4 Å². The average Bonchev–Trinajstić information content (AvgIpc) is 3.26. The molecule has 2 amide bonds. The maximum absolute atomic E-state index is 13.3. The summed E-state index contributed by atoms with van der Waals surface area (Å²) < 4.78 is 57.7. The molecule has 196 valence electrons. The Balaban J connectivity index is 0.000000199. The molecule has 2 saturated heterocycles. The van der Waals surface area contributed by atoms with E-state index in [-0.39, 0.29) is 19.4 Å². The van der Waals surface area contributed by atoms with Gasteiger partial charge in [0.05, 0.1) is 31.2 Å². The van der Waals surface area contributed by atoms with Crippen LogP contribution in [0.5, 0.6) is 0 Å². The number of alkyl halides is 4. The SMILES string of the molecule is C1CCOCC1.FC1(F)CCCCC1.NCc1cn2ncc(CN3CC(F)(F)CNC3=O)cc2n1. The molecule has 2 aliphatic heterocycles. The van der Waals surface area contributed by atoms with Crippen molar-refractivity contribution in [2.75, 3.05) is 26.3 Å². The molecule has 0 spiro atoms. The first kappa shape index (κ1) is 27.1. The number of halogens is 4. The van der Waals surface area contributed by atoms with Crippen LogP contribution in [0.4, 0.5) is 22.4 Å². The molecule has 4 heterocycles. The van der Waals surface area contributed by atoms with Gasteiger partial charge < -0.3 is 20.7 Å². The van der Waals surface area contributed by atoms with Crippen molar-refractivity contribution in [3.8, 4) is 0 Å². The normalized spacial score (nSPS) is 21.3. The average molecular weight is 503 g/mol. The number of rotatable bonds is 3. The number of amides is 2. The van der Waals surface area contributed by atoms with Crippen molar-refractivity contribution in [1.82, 2.24) is 24.8 Å². The highest BCUT2D eigenvalue weighted by atomic mass is 19.3. The first-order valence-electron chi connectivity index (χ1n) is 12.1. The van der Waals surface area contributed by atoms with Crippen LogP contribution < -0.4 is 11.1 Å². The highest BCUT2D eigenvalue weighted by Gasteiger charge is 2.38. The first-order chi connectivity index (χ1) is 16.7. The number of nitrogens with zero attached hydrogens (tertiary/aromatic N) is 4. The molecule has 1 aliphatic carbocycles. The van der Waals surface area contributed by atoms with Crippen LogP contribution in [0.2, 0.25) is 0 Å². The van der Waals surface area contributed by atoms with Crippen LogP contribution in [-0.4, -0.2) is 63.7 Å². The van der Waals surface area contributed by atoms with E-state index < -0.39 is 31.0 Å². The van der Waals surface area contributed by atoms with Crippen molar-refractivity contribution in [3.63, 3.8) is 0 Å². The van der Waals surface area contributed by atoms with Gasteiger partial charge in [-0.2, -0.15) is 5.10 Å². The largest absolute Gasteiger partial charge is 0.381 e. The lowest BCUT2D eigenvalue weighted by molar-refractivity contribution is -0.0368. The summed E-state index contributed by atoms with van der Waals surface area (Å²) in [7, 11) is 0. The topological polar surface area (TPSA) is 97.8 Å². The van der Waals surface area contributed by atoms with Crippen molar-refractivity contribution in [1.29, 1.82) is 0 Å². The zero-order valence-electron chi connectivity index (χ0n) is 19.8. The summed E-state index contributed by atoms with van der Waals surface area (Å²) in [5.74, 6) is -5.25. The fraction of sp³-hybridized carbons (Fsp3) is 0.696. The molecule has 8 nitrogen and oxygen atoms in total. The van der Waals surface area contributed by atoms with Gasteiger partial charge in [-0.05, 0) is 43.7 Å². The molecule has 3 N–H and O–H groups in total. The van der Waals surface area contributed by atoms with Crippen LogP contribution in [0.1, 0.15) is 62.6 Å². The maximum Gasteiger partial charge on any atom is 0.318 e. The van der Waals surface area contributed by atoms with E-state index in [4.69, 9.17) is 10.5 Å². The van der Waals surface area contributed by atoms with Crippen LogP contribution in [0.25, 0.3) is 5.65 Å². The molecule has 0 unspecified atom stereocenters. The second-order valence-electron chi connectivity index (χ2n) is 9.06. The number of hydrogen-bond acceptors (Lipinski definition) is 5. The van der Waals surface area contributed by atoms with E-state index in [1.807, 2.05) is 0 Å². The predicted molar refractivity (Wildman–Crippen MR) is 122 cm³/mol. The number of aromatic nitrogens is 3. The Hall–Kier alpha value is -2.47. The van der Waals surface area contributed by atoms with E-state index in [1.165, 1.54) is 25.5 Å². The number of nitrogens with two attached hydrogens (primary N) is 1. The van der Waals surface area contributed by atoms with Crippen molar-refractivity contribution in [2.45, 2.75) is 76.3 Å². The molecule has 0 atom stereocenters. The third-order valence-electron chi connectivity index (χ3n) is 5.88. The van der Waals surface area contributed by atoms with Crippen LogP contribution in [0.3, 0.4) is 0 Å². The van der Waals surface area contributed by atoms with Gasteiger partial charge in [0, 0.05) is 39.1 Å². The Morgan fingerprint density at radius 1 is 1.03 bits per heavy atom. The van der Waals surface area contributed by atoms with E-state index in [1.54, 1.807) is 16.8 Å². The molecule has 2 aromatic heterocycles. The molecule has 3 fully saturated rings. The third-order valence-corrected chi connectivity index (χ3v) is 5.88. The third kappa shape index (κ3) is 8.92. The van der Waals surface area contributed by atoms with E-state index in [9.17, 15) is 22.4 Å². The number of hydrogen-bond donors (Lipinski definition) is 2. The number of imidazole rings is 1. The highest BCUT2D eigenvalue weighted by molar-refractivity contribution is 5.75. The van der Waals surface area contributed by atoms with Crippen LogP contribution in [0, 0.1) is 0 Å². The Morgan fingerprint density at radius 2 is 1.71 bits per heavy atom. The molecule has 0 radical (unpaired) electrons. The van der Waals surface area contributed by atoms with E-state index in [0.717, 1.165) is 24.5 Å². The molecular weight excluding hydrogens is 468 g/mol. The first-order valence-corrected chi connectivity index (χ1v) is 12.1. The molecule has 2 aromatic rings. The second-order valence-corrected chi connectivity index (χ2v) is 9.06. The molecule has 0 bridgehead atoms. The minimum atomic E-state index is -2.93. The summed E-state index contributed by atoms with van der Waals surface area (Å²) >= 11 is 0. The summed E-state index contributed by atoms with van der Waals surface area (Å²) in [5, 5.41) is 6.30. The highest BCUT2D eigenvalue weighted by Crippen LogP contribution is 2.32. The van der Waals surface area contributed by atoms with Crippen LogP contribution >= 0.6 is 0 Å². The number of urea groups is 1. The van der Waals surface area contributed by atoms with Crippen molar-refractivity contribution in [2.24, 2.45) is 5.73 Å². The van der Waals surface area contributed by atoms with Gasteiger partial charge in [-0.25, -0.2) is 31.9 Å². The van der Waals surface area contributed by atoms with E-state index >= 15 is 0 Å². The van der Waals surface area contributed by atoms with E-state index in [0.29, 0.717) is 36.3 Å². The lowest BCUT2D eigenvalue weighted by Gasteiger charge is -2.32. The van der Waals surface area contributed by atoms with Gasteiger partial charge in [-0.3, -0.25) is 0 Å². The zero-order valence-corrected chi connectivity index (χ0v) is 19.8. The fourth-order valence-corrected chi connectivity index (χ4v) is 3.98. The summed E-state index contributed by atoms with van der Waals surface area (Å²) in [5.41, 5.74) is 7.38. The Labute approximate surface area is 202 Å². The predicted octanol–water partition coefficient (Wildman–Crippen LogP) is 4.12. The molecule has 3 aliphatic rings. The Kier molecular flexibility index (Phi) is 9.67. The van der Waals surface area contributed by atoms with Crippen molar-refractivity contribution in [3.05, 3.63) is 29.7 Å². The van der Waals surface area contributed by atoms with Gasteiger partial charge in [0.15, 0.2) is 5.65 Å². The smallest absolute Gasteiger partial charge is 0.318 e. The summed E-state index contributed by atoms with van der Waals surface area (Å²) in [4.78, 5) is 16.9. The van der Waals surface area contributed by atoms with Gasteiger partial charge in [0.25, 0.3) is 5.92 Å². The minimum Gasteiger partial charge on any atom is -0.381 e. The molecule has 35 heavy (non-hydrogen) atoms. The van der Waals surface area contributed by atoms with Gasteiger partial charge >= 0.3 is 6.03 Å². The van der Waals surface area contributed by atoms with Crippen LogP contribution in [0.15, 0.2) is 18.5 Å². The molecule has 1 saturated carbocycles. The zero-order chi connectivity index (χ0) is 25.3. The molecule has 0 aromatic carbocycles. The summed E-state index contributed by atoms with van der Waals surface area (Å²) in [6, 6.07) is 1.19. The lowest BCUT2D eigenvalue weighted by atomic mass is 9.97. The van der Waals surface area contributed by atoms with Gasteiger partial charge in [-0.15, -0.1) is 0 Å². The lowest BCUT2D eigenvalue weighted by Crippen LogP contribution is -2.56. The maximum atomic E-state index is 13.3. The number of nitrogens with one attached hydrogen (secondary N) is 1. The minimum absolute atomic E-state index is 0.0513. The number of carbonyl (C=O) groups excluding carboxylic acids is 1. The fourth-order valence-electron chi connectivity index (χ4n) is 3.98. The monoisotopic (exact) mass is 502 g/mol. The quantitative estimate of drug-likeness (QED) is 0.616. The molecule has 5 rings (SSSR count). The number of carbonyl (C=O) groups is 1. The molecular formula is C23H34F4N6O2. The summed E-state index contributed by atoms with van der Waals surface area (Å²) in [6.07, 6.45) is 9.81. The van der Waals surface area contributed by atoms with Crippen LogP contribution in [-0.2, 0) is 17.8 Å². The van der Waals surface area contributed by atoms with Gasteiger partial charge in [0.1, 0.15) is 0 Å².